The lowest BCUT2D eigenvalue weighted by molar-refractivity contribution is 0.510. The molecule has 2 rings (SSSR count). The molecule has 0 saturated heterocycles. The summed E-state index contributed by atoms with van der Waals surface area (Å²) in [6, 6.07) is 11.9. The van der Waals surface area contributed by atoms with Crippen LogP contribution in [0.25, 0.3) is 0 Å². The Kier molecular flexibility index (Phi) is 3.60. The number of benzene rings is 2. The fraction of sp³-hybridized carbons (Fsp3) is 0.200. The second-order valence-corrected chi connectivity index (χ2v) is 4.32. The van der Waals surface area contributed by atoms with Crippen LogP contribution in [0.15, 0.2) is 42.5 Å². The van der Waals surface area contributed by atoms with E-state index in [4.69, 9.17) is 0 Å². The molecule has 1 N–H and O–H groups in total. The van der Waals surface area contributed by atoms with E-state index in [0.717, 1.165) is 17.2 Å². The number of halogens is 2. The summed E-state index contributed by atoms with van der Waals surface area (Å²) in [7, 11) is 0. The number of anilines is 1. The molecule has 0 amide bonds. The van der Waals surface area contributed by atoms with Crippen LogP contribution in [0, 0.1) is 18.6 Å². The molecule has 1 nitrogen and oxygen atoms in total. The van der Waals surface area contributed by atoms with Gasteiger partial charge in [-0.1, -0.05) is 30.3 Å². The zero-order chi connectivity index (χ0) is 13.1. The van der Waals surface area contributed by atoms with Crippen molar-refractivity contribution >= 4 is 5.69 Å². The van der Waals surface area contributed by atoms with Crippen molar-refractivity contribution in [3.63, 3.8) is 0 Å². The summed E-state index contributed by atoms with van der Waals surface area (Å²) in [5.41, 5.74) is 2.38. The summed E-state index contributed by atoms with van der Waals surface area (Å²) in [6.07, 6.45) is 0. The lowest BCUT2D eigenvalue weighted by atomic mass is 10.0. The molecule has 0 aliphatic carbocycles. The maximum atomic E-state index is 13.5. The molecule has 0 aliphatic heterocycles. The van der Waals surface area contributed by atoms with E-state index in [0.29, 0.717) is 0 Å². The highest BCUT2D eigenvalue weighted by atomic mass is 19.2. The number of hydrogen-bond donors (Lipinski definition) is 1. The second kappa shape index (κ2) is 5.17. The largest absolute Gasteiger partial charge is 0.376 e. The highest BCUT2D eigenvalue weighted by molar-refractivity contribution is 5.47. The lowest BCUT2D eigenvalue weighted by Crippen LogP contribution is -2.09. The first-order valence-electron chi connectivity index (χ1n) is 5.85. The van der Waals surface area contributed by atoms with E-state index >= 15 is 0 Å². The predicted octanol–water partition coefficient (Wildman–Crippen LogP) is 4.45. The minimum atomic E-state index is -0.836. The Bertz CT molecular complexity index is 552. The Hall–Kier alpha value is -1.90. The van der Waals surface area contributed by atoms with E-state index < -0.39 is 11.6 Å². The van der Waals surface area contributed by atoms with Gasteiger partial charge in [0.2, 0.25) is 0 Å². The normalized spacial score (nSPS) is 12.2. The minimum absolute atomic E-state index is 0.0810. The summed E-state index contributed by atoms with van der Waals surface area (Å²) in [6.45, 7) is 3.92. The van der Waals surface area contributed by atoms with Crippen LogP contribution in [-0.4, -0.2) is 0 Å². The van der Waals surface area contributed by atoms with Gasteiger partial charge in [-0.2, -0.15) is 0 Å². The molecule has 0 aromatic heterocycles. The van der Waals surface area contributed by atoms with Gasteiger partial charge in [0, 0.05) is 6.04 Å². The first-order valence-corrected chi connectivity index (χ1v) is 5.85. The van der Waals surface area contributed by atoms with E-state index in [1.807, 2.05) is 38.1 Å². The molecule has 18 heavy (non-hydrogen) atoms. The number of rotatable bonds is 3. The Morgan fingerprint density at radius 1 is 1.00 bits per heavy atom. The molecule has 1 unspecified atom stereocenters. The maximum absolute atomic E-state index is 13.5. The highest BCUT2D eigenvalue weighted by Gasteiger charge is 2.12. The number of nitrogens with one attached hydrogen (secondary N) is 1. The zero-order valence-electron chi connectivity index (χ0n) is 10.4. The molecule has 0 spiro atoms. The topological polar surface area (TPSA) is 12.0 Å². The smallest absolute Gasteiger partial charge is 0.181 e. The third-order valence-electron chi connectivity index (χ3n) is 2.98. The monoisotopic (exact) mass is 247 g/mol. The summed E-state index contributed by atoms with van der Waals surface area (Å²) in [4.78, 5) is 0. The Balaban J connectivity index is 2.24. The van der Waals surface area contributed by atoms with Crippen LogP contribution in [0.3, 0.4) is 0 Å². The van der Waals surface area contributed by atoms with Gasteiger partial charge in [-0.25, -0.2) is 8.78 Å². The van der Waals surface area contributed by atoms with Gasteiger partial charge in [0.05, 0.1) is 5.69 Å². The van der Waals surface area contributed by atoms with Crippen molar-refractivity contribution in [1.29, 1.82) is 0 Å². The van der Waals surface area contributed by atoms with E-state index in [9.17, 15) is 8.78 Å². The minimum Gasteiger partial charge on any atom is -0.376 e. The van der Waals surface area contributed by atoms with Crippen molar-refractivity contribution in [1.82, 2.24) is 0 Å². The first kappa shape index (κ1) is 12.6. The van der Waals surface area contributed by atoms with Crippen LogP contribution in [0.5, 0.6) is 0 Å². The predicted molar refractivity (Wildman–Crippen MR) is 69.6 cm³/mol. The van der Waals surface area contributed by atoms with Crippen molar-refractivity contribution in [3.8, 4) is 0 Å². The fourth-order valence-electron chi connectivity index (χ4n) is 2.00. The van der Waals surface area contributed by atoms with E-state index in [-0.39, 0.29) is 11.7 Å². The van der Waals surface area contributed by atoms with Gasteiger partial charge in [-0.05, 0) is 37.1 Å². The standard InChI is InChI=1S/C15H15F2N/c1-10-6-3-4-7-12(10)11(2)18-14-9-5-8-13(16)15(14)17/h3-9,11,18H,1-2H3. The third-order valence-corrected chi connectivity index (χ3v) is 2.98. The third kappa shape index (κ3) is 2.50. The molecule has 0 saturated carbocycles. The summed E-state index contributed by atoms with van der Waals surface area (Å²) >= 11 is 0. The van der Waals surface area contributed by atoms with Crippen LogP contribution in [0.2, 0.25) is 0 Å². The lowest BCUT2D eigenvalue weighted by Gasteiger charge is -2.18. The molecule has 0 radical (unpaired) electrons. The van der Waals surface area contributed by atoms with E-state index in [2.05, 4.69) is 5.32 Å². The SMILES string of the molecule is Cc1ccccc1C(C)Nc1cccc(F)c1F. The average Bonchev–Trinajstić information content (AvgIpc) is 2.35. The number of hydrogen-bond acceptors (Lipinski definition) is 1. The molecule has 1 atom stereocenters. The van der Waals surface area contributed by atoms with Gasteiger partial charge in [0.15, 0.2) is 11.6 Å². The Labute approximate surface area is 105 Å². The van der Waals surface area contributed by atoms with E-state index in [1.165, 1.54) is 12.1 Å². The molecule has 0 heterocycles. The first-order chi connectivity index (χ1) is 8.59. The van der Waals surface area contributed by atoms with Gasteiger partial charge >= 0.3 is 0 Å². The molecular weight excluding hydrogens is 232 g/mol. The summed E-state index contributed by atoms with van der Waals surface area (Å²) in [5.74, 6) is -1.67. The van der Waals surface area contributed by atoms with Gasteiger partial charge < -0.3 is 5.32 Å². The van der Waals surface area contributed by atoms with E-state index in [1.54, 1.807) is 0 Å². The Morgan fingerprint density at radius 2 is 1.72 bits per heavy atom. The van der Waals surface area contributed by atoms with Gasteiger partial charge in [-0.3, -0.25) is 0 Å². The fourth-order valence-corrected chi connectivity index (χ4v) is 2.00. The van der Waals surface area contributed by atoms with Crippen molar-refractivity contribution < 1.29 is 8.78 Å². The Morgan fingerprint density at radius 3 is 2.44 bits per heavy atom. The van der Waals surface area contributed by atoms with Crippen molar-refractivity contribution in [2.24, 2.45) is 0 Å². The van der Waals surface area contributed by atoms with Crippen LogP contribution >= 0.6 is 0 Å². The number of aryl methyl sites for hydroxylation is 1. The highest BCUT2D eigenvalue weighted by Crippen LogP contribution is 2.24. The molecule has 3 heteroatoms. The summed E-state index contributed by atoms with van der Waals surface area (Å²) in [5, 5.41) is 2.99. The van der Waals surface area contributed by atoms with Crippen LogP contribution in [0.1, 0.15) is 24.1 Å². The zero-order valence-corrected chi connectivity index (χ0v) is 10.4. The van der Waals surface area contributed by atoms with Crippen LogP contribution in [-0.2, 0) is 0 Å². The molecule has 0 fully saturated rings. The van der Waals surface area contributed by atoms with Crippen molar-refractivity contribution in [2.45, 2.75) is 19.9 Å². The average molecular weight is 247 g/mol. The summed E-state index contributed by atoms with van der Waals surface area (Å²) < 4.78 is 26.6. The van der Waals surface area contributed by atoms with Gasteiger partial charge in [0.25, 0.3) is 0 Å². The molecule has 2 aromatic carbocycles. The van der Waals surface area contributed by atoms with Gasteiger partial charge in [0.1, 0.15) is 0 Å². The molecule has 94 valence electrons. The van der Waals surface area contributed by atoms with Crippen molar-refractivity contribution in [3.05, 3.63) is 65.2 Å². The molecular formula is C15H15F2N. The maximum Gasteiger partial charge on any atom is 0.181 e. The van der Waals surface area contributed by atoms with Crippen LogP contribution < -0.4 is 5.32 Å². The second-order valence-electron chi connectivity index (χ2n) is 4.32. The van der Waals surface area contributed by atoms with Crippen molar-refractivity contribution in [2.75, 3.05) is 5.32 Å². The molecule has 0 bridgehead atoms. The van der Waals surface area contributed by atoms with Gasteiger partial charge in [-0.15, -0.1) is 0 Å². The molecule has 2 aromatic rings. The van der Waals surface area contributed by atoms with Crippen LogP contribution in [0.4, 0.5) is 14.5 Å². The molecule has 0 aliphatic rings. The quantitative estimate of drug-likeness (QED) is 0.845.